The summed E-state index contributed by atoms with van der Waals surface area (Å²) in [5, 5.41) is 19.8. The number of nitriles is 1. The Balaban J connectivity index is 1.82. The summed E-state index contributed by atoms with van der Waals surface area (Å²) < 4.78 is 70.1. The molecule has 8 nitrogen and oxygen atoms in total. The van der Waals surface area contributed by atoms with Gasteiger partial charge in [-0.1, -0.05) is 24.3 Å². The first-order valence-corrected chi connectivity index (χ1v) is 15.0. The maximum absolute atomic E-state index is 14.4. The normalized spacial score (nSPS) is 18.7. The summed E-state index contributed by atoms with van der Waals surface area (Å²) in [6.45, 7) is 1.75. The minimum atomic E-state index is -4.76. The maximum Gasteiger partial charge on any atom is 0.416 e. The Morgan fingerprint density at radius 1 is 1.14 bits per heavy atom. The van der Waals surface area contributed by atoms with Crippen LogP contribution in [0.2, 0.25) is 0 Å². The molecule has 0 radical (unpaired) electrons. The molecule has 1 aromatic heterocycles. The number of anilines is 1. The minimum Gasteiger partial charge on any atom is -0.477 e. The molecule has 1 atom stereocenters. The van der Waals surface area contributed by atoms with E-state index in [-0.39, 0.29) is 17.0 Å². The van der Waals surface area contributed by atoms with Crippen molar-refractivity contribution in [1.82, 2.24) is 4.31 Å². The first kappa shape index (κ1) is 29.1. The Kier molecular flexibility index (Phi) is 7.46. The number of halogens is 3. The van der Waals surface area contributed by atoms with Crippen LogP contribution in [0.3, 0.4) is 0 Å². The zero-order valence-corrected chi connectivity index (χ0v) is 23.6. The van der Waals surface area contributed by atoms with Gasteiger partial charge in [0.1, 0.15) is 10.9 Å². The van der Waals surface area contributed by atoms with E-state index in [1.54, 1.807) is 13.0 Å². The summed E-state index contributed by atoms with van der Waals surface area (Å²) in [5.41, 5.74) is 1.02. The monoisotopic (exact) mass is 613 g/mol. The lowest BCUT2D eigenvalue weighted by atomic mass is 9.81. The minimum absolute atomic E-state index is 0.158. The molecule has 2 aromatic carbocycles. The number of nitrogens with zero attached hydrogens (tertiary/aromatic N) is 3. The number of allylic oxidation sites excluding steroid dienone is 2. The van der Waals surface area contributed by atoms with Crippen LogP contribution in [-0.4, -0.2) is 29.8 Å². The van der Waals surface area contributed by atoms with Gasteiger partial charge in [0.15, 0.2) is 0 Å². The topological polar surface area (TPSA) is 119 Å². The number of urea groups is 1. The number of carbonyl (C=O) groups is 2. The molecule has 1 aliphatic carbocycles. The van der Waals surface area contributed by atoms with Crippen LogP contribution in [0, 0.1) is 11.3 Å². The number of benzene rings is 2. The zero-order valence-electron chi connectivity index (χ0n) is 21.9. The molecule has 1 unspecified atom stereocenters. The molecule has 0 saturated carbocycles. The van der Waals surface area contributed by atoms with Gasteiger partial charge in [0.25, 0.3) is 10.0 Å². The van der Waals surface area contributed by atoms with Crippen LogP contribution < -0.4 is 4.90 Å². The van der Waals surface area contributed by atoms with E-state index in [0.29, 0.717) is 56.5 Å². The fourth-order valence-electron chi connectivity index (χ4n) is 5.26. The Bertz CT molecular complexity index is 1800. The number of amides is 2. The summed E-state index contributed by atoms with van der Waals surface area (Å²) in [5.74, 6) is -1.35. The molecular formula is C29H22F3N3O5S2. The van der Waals surface area contributed by atoms with Gasteiger partial charge in [-0.25, -0.2) is 22.3 Å². The van der Waals surface area contributed by atoms with Gasteiger partial charge in [-0.15, -0.1) is 11.3 Å². The number of aromatic carboxylic acids is 1. The van der Waals surface area contributed by atoms with Crippen molar-refractivity contribution < 1.29 is 36.3 Å². The third-order valence-corrected chi connectivity index (χ3v) is 9.94. The maximum atomic E-state index is 14.4. The Morgan fingerprint density at radius 2 is 1.86 bits per heavy atom. The lowest BCUT2D eigenvalue weighted by Gasteiger charge is -2.45. The standard InChI is InChI=1S/C29H22F3N3O5S2/c1-2-18-5-3-8-23-25(18)26(19-11-9-17(15-33)10-12-19)35(42(39,40)22-14-24(27(36)37)41-16-22)28(38)34(23)21-7-4-6-20(13-21)29(30,31)32/h2,4,6-7,9-14,16,26H,3,5,8H2,1H3,(H,36,37). The number of thiophene rings is 1. The molecule has 216 valence electrons. The molecule has 2 heterocycles. The van der Waals surface area contributed by atoms with Crippen LogP contribution in [0.25, 0.3) is 0 Å². The molecule has 0 bridgehead atoms. The van der Waals surface area contributed by atoms with E-state index in [0.717, 1.165) is 34.5 Å². The van der Waals surface area contributed by atoms with Gasteiger partial charge >= 0.3 is 18.2 Å². The van der Waals surface area contributed by atoms with Crippen molar-refractivity contribution in [2.24, 2.45) is 0 Å². The highest BCUT2D eigenvalue weighted by Gasteiger charge is 2.49. The van der Waals surface area contributed by atoms with Crippen molar-refractivity contribution in [2.45, 2.75) is 43.3 Å². The first-order chi connectivity index (χ1) is 19.9. The second-order valence-electron chi connectivity index (χ2n) is 9.58. The van der Waals surface area contributed by atoms with Crippen molar-refractivity contribution >= 4 is 39.0 Å². The number of carbonyl (C=O) groups excluding carboxylic acids is 1. The van der Waals surface area contributed by atoms with Gasteiger partial charge in [-0.3, -0.25) is 4.90 Å². The van der Waals surface area contributed by atoms with E-state index in [1.807, 2.05) is 6.07 Å². The number of rotatable bonds is 5. The summed E-state index contributed by atoms with van der Waals surface area (Å²) in [7, 11) is -4.76. The van der Waals surface area contributed by atoms with E-state index in [9.17, 15) is 41.5 Å². The van der Waals surface area contributed by atoms with Crippen molar-refractivity contribution in [2.75, 3.05) is 4.90 Å². The van der Waals surface area contributed by atoms with Crippen LogP contribution in [0.5, 0.6) is 0 Å². The van der Waals surface area contributed by atoms with Gasteiger partial charge in [0, 0.05) is 16.7 Å². The third-order valence-electron chi connectivity index (χ3n) is 7.15. The lowest BCUT2D eigenvalue weighted by molar-refractivity contribution is -0.137. The molecule has 42 heavy (non-hydrogen) atoms. The van der Waals surface area contributed by atoms with Crippen molar-refractivity contribution in [1.29, 1.82) is 5.26 Å². The number of carboxylic acids is 1. The molecule has 3 aromatic rings. The summed E-state index contributed by atoms with van der Waals surface area (Å²) >= 11 is 0.667. The molecule has 2 aliphatic rings. The Morgan fingerprint density at radius 3 is 2.45 bits per heavy atom. The highest BCUT2D eigenvalue weighted by atomic mass is 32.2. The molecule has 0 fully saturated rings. The summed E-state index contributed by atoms with van der Waals surface area (Å²) in [6, 6.07) is 10.7. The van der Waals surface area contributed by atoms with Crippen molar-refractivity contribution in [3.63, 3.8) is 0 Å². The highest BCUT2D eigenvalue weighted by molar-refractivity contribution is 7.89. The van der Waals surface area contributed by atoms with E-state index in [1.165, 1.54) is 30.3 Å². The van der Waals surface area contributed by atoms with Crippen LogP contribution in [0.1, 0.15) is 58.6 Å². The molecule has 2 amide bonds. The predicted octanol–water partition coefficient (Wildman–Crippen LogP) is 7.09. The van der Waals surface area contributed by atoms with Gasteiger partial charge < -0.3 is 5.11 Å². The fraction of sp³-hybridized carbons (Fsp3) is 0.207. The number of hydrogen-bond acceptors (Lipinski definition) is 6. The van der Waals surface area contributed by atoms with Crippen LogP contribution in [0.15, 0.2) is 87.8 Å². The highest BCUT2D eigenvalue weighted by Crippen LogP contribution is 2.49. The number of hydrogen-bond donors (Lipinski definition) is 1. The largest absolute Gasteiger partial charge is 0.477 e. The number of alkyl halides is 3. The van der Waals surface area contributed by atoms with Crippen LogP contribution >= 0.6 is 11.3 Å². The second-order valence-corrected chi connectivity index (χ2v) is 12.3. The van der Waals surface area contributed by atoms with E-state index in [4.69, 9.17) is 0 Å². The van der Waals surface area contributed by atoms with Gasteiger partial charge in [-0.05, 0) is 73.7 Å². The smallest absolute Gasteiger partial charge is 0.416 e. The SMILES string of the molecule is CC=C1CCCC2=C1C(c1ccc(C#N)cc1)N(S(=O)(=O)c1csc(C(=O)O)c1)C(=O)N2c1cccc(C(F)(F)F)c1. The van der Waals surface area contributed by atoms with Gasteiger partial charge in [-0.2, -0.15) is 18.4 Å². The molecule has 5 rings (SSSR count). The molecule has 0 spiro atoms. The van der Waals surface area contributed by atoms with Gasteiger partial charge in [0.05, 0.1) is 27.8 Å². The van der Waals surface area contributed by atoms with Crippen molar-refractivity contribution in [3.05, 3.63) is 104 Å². The predicted molar refractivity (Wildman–Crippen MR) is 148 cm³/mol. The van der Waals surface area contributed by atoms with E-state index < -0.39 is 44.7 Å². The number of carboxylic acid groups (broad SMARTS) is 1. The molecule has 13 heteroatoms. The summed E-state index contributed by atoms with van der Waals surface area (Å²) in [6.07, 6.45) is -1.54. The van der Waals surface area contributed by atoms with Gasteiger partial charge in [0.2, 0.25) is 0 Å². The molecule has 0 saturated heterocycles. The molecule has 1 aliphatic heterocycles. The first-order valence-electron chi connectivity index (χ1n) is 12.6. The molecule has 1 N–H and O–H groups in total. The summed E-state index contributed by atoms with van der Waals surface area (Å²) in [4.78, 5) is 26.2. The third kappa shape index (κ3) is 4.97. The average molecular weight is 614 g/mol. The molecular weight excluding hydrogens is 591 g/mol. The van der Waals surface area contributed by atoms with Crippen molar-refractivity contribution in [3.8, 4) is 6.07 Å². The van der Waals surface area contributed by atoms with E-state index in [2.05, 4.69) is 0 Å². The average Bonchev–Trinajstić information content (AvgIpc) is 3.48. The fourth-order valence-corrected chi connectivity index (χ4v) is 7.86. The Hall–Kier alpha value is -4.41. The lowest BCUT2D eigenvalue weighted by Crippen LogP contribution is -2.53. The second kappa shape index (κ2) is 10.8. The van der Waals surface area contributed by atoms with Crippen LogP contribution in [-0.2, 0) is 16.2 Å². The van der Waals surface area contributed by atoms with E-state index >= 15 is 0 Å². The zero-order chi connectivity index (χ0) is 30.4. The quantitative estimate of drug-likeness (QED) is 0.328. The Labute approximate surface area is 243 Å². The number of sulfonamides is 1. The van der Waals surface area contributed by atoms with Crippen LogP contribution in [0.4, 0.5) is 23.7 Å².